The number of carbonyl (C=O) groups is 1. The molecule has 0 heterocycles. The summed E-state index contributed by atoms with van der Waals surface area (Å²) in [6.07, 6.45) is -5.09. The maximum atomic E-state index is 12.5. The summed E-state index contributed by atoms with van der Waals surface area (Å²) in [5, 5.41) is 0. The number of ether oxygens (including phenoxy) is 2. The summed E-state index contributed by atoms with van der Waals surface area (Å²) in [7, 11) is -5.62. The Kier molecular flexibility index (Phi) is 7.80. The topological polar surface area (TPSA) is 81.7 Å². The largest absolute Gasteiger partial charge is 0.573 e. The Bertz CT molecular complexity index is 781. The molecule has 6 nitrogen and oxygen atoms in total. The van der Waals surface area contributed by atoms with E-state index in [-0.39, 0.29) is 3.57 Å². The summed E-state index contributed by atoms with van der Waals surface area (Å²) in [5.41, 5.74) is -6.16. The molecule has 0 aliphatic rings. The molecule has 1 aromatic carbocycles. The van der Waals surface area contributed by atoms with E-state index in [1.165, 1.54) is 28.7 Å². The van der Waals surface area contributed by atoms with Crippen LogP contribution in [0, 0.1) is 7.14 Å². The van der Waals surface area contributed by atoms with Crippen molar-refractivity contribution in [1.29, 1.82) is 0 Å². The van der Waals surface area contributed by atoms with Gasteiger partial charge in [-0.15, -0.1) is 13.2 Å². The summed E-state index contributed by atoms with van der Waals surface area (Å²) < 4.78 is 105. The molecule has 0 aromatic heterocycles. The van der Waals surface area contributed by atoms with Crippen LogP contribution in [0.15, 0.2) is 12.1 Å². The molecule has 0 aliphatic carbocycles. The highest BCUT2D eigenvalue weighted by atomic mass is 127. The Morgan fingerprint density at radius 3 is 2.19 bits per heavy atom. The number of benzene rings is 1. The standard InChI is InChI=1S/C11H7F6I2NO5S/c12-10(13,14)25-8-6(3-5(18)4-7(8)19)9(21)24-2-1-20-26(22,23)11(15,16)17/h3-4,20H,1-2H2. The molecule has 0 saturated heterocycles. The molecule has 0 saturated carbocycles. The van der Waals surface area contributed by atoms with Gasteiger partial charge in [0.25, 0.3) is 0 Å². The number of halogens is 8. The van der Waals surface area contributed by atoms with Gasteiger partial charge in [-0.2, -0.15) is 13.2 Å². The van der Waals surface area contributed by atoms with Gasteiger partial charge in [0.2, 0.25) is 0 Å². The number of nitrogens with one attached hydrogen (secondary N) is 1. The zero-order valence-electron chi connectivity index (χ0n) is 12.0. The first-order chi connectivity index (χ1) is 11.6. The Hall–Kier alpha value is -0.560. The van der Waals surface area contributed by atoms with Crippen LogP contribution >= 0.6 is 45.2 Å². The highest BCUT2D eigenvalue weighted by molar-refractivity contribution is 14.1. The Morgan fingerprint density at radius 2 is 1.69 bits per heavy atom. The highest BCUT2D eigenvalue weighted by Gasteiger charge is 2.45. The van der Waals surface area contributed by atoms with Crippen LogP contribution in [0.5, 0.6) is 5.75 Å². The van der Waals surface area contributed by atoms with Crippen molar-refractivity contribution in [3.8, 4) is 5.75 Å². The SMILES string of the molecule is O=C(OCCNS(=O)(=O)C(F)(F)F)c1cc(I)cc(I)c1OC(F)(F)F. The lowest BCUT2D eigenvalue weighted by Gasteiger charge is -2.15. The highest BCUT2D eigenvalue weighted by Crippen LogP contribution is 2.33. The van der Waals surface area contributed by atoms with E-state index in [9.17, 15) is 39.6 Å². The Labute approximate surface area is 169 Å². The van der Waals surface area contributed by atoms with E-state index >= 15 is 0 Å². The quantitative estimate of drug-likeness (QED) is 0.225. The van der Waals surface area contributed by atoms with Crippen molar-refractivity contribution in [2.75, 3.05) is 13.2 Å². The van der Waals surface area contributed by atoms with Gasteiger partial charge < -0.3 is 9.47 Å². The zero-order chi connectivity index (χ0) is 20.3. The summed E-state index contributed by atoms with van der Waals surface area (Å²) in [4.78, 5) is 11.9. The molecule has 0 amide bonds. The number of rotatable bonds is 6. The molecule has 0 aliphatic heterocycles. The molecule has 26 heavy (non-hydrogen) atoms. The van der Waals surface area contributed by atoms with E-state index < -0.39 is 52.3 Å². The van der Waals surface area contributed by atoms with E-state index in [1.807, 2.05) is 0 Å². The number of hydrogen-bond donors (Lipinski definition) is 1. The van der Waals surface area contributed by atoms with E-state index in [4.69, 9.17) is 0 Å². The van der Waals surface area contributed by atoms with E-state index in [2.05, 4.69) is 9.47 Å². The molecule has 1 N–H and O–H groups in total. The average Bonchev–Trinajstić information content (AvgIpc) is 2.43. The van der Waals surface area contributed by atoms with Crippen molar-refractivity contribution in [2.24, 2.45) is 0 Å². The van der Waals surface area contributed by atoms with Crippen LogP contribution in [0.25, 0.3) is 0 Å². The second kappa shape index (κ2) is 8.63. The van der Waals surface area contributed by atoms with Gasteiger partial charge in [-0.3, -0.25) is 0 Å². The van der Waals surface area contributed by atoms with Crippen molar-refractivity contribution in [2.45, 2.75) is 11.9 Å². The van der Waals surface area contributed by atoms with Crippen LogP contribution < -0.4 is 9.46 Å². The van der Waals surface area contributed by atoms with Gasteiger partial charge in [-0.25, -0.2) is 17.9 Å². The van der Waals surface area contributed by atoms with Crippen LogP contribution in [0.4, 0.5) is 26.3 Å². The van der Waals surface area contributed by atoms with Crippen molar-refractivity contribution < 1.29 is 49.0 Å². The first-order valence-corrected chi connectivity index (χ1v) is 9.76. The Morgan fingerprint density at radius 1 is 1.12 bits per heavy atom. The van der Waals surface area contributed by atoms with Crippen LogP contribution in [0.3, 0.4) is 0 Å². The third-order valence-corrected chi connectivity index (χ3v) is 5.00. The van der Waals surface area contributed by atoms with Gasteiger partial charge >= 0.3 is 27.9 Å². The third kappa shape index (κ3) is 6.87. The van der Waals surface area contributed by atoms with Crippen molar-refractivity contribution in [1.82, 2.24) is 4.72 Å². The number of carbonyl (C=O) groups excluding carboxylic acids is 1. The molecular formula is C11H7F6I2NO5S. The van der Waals surface area contributed by atoms with E-state index in [0.717, 1.165) is 10.8 Å². The fraction of sp³-hybridized carbons (Fsp3) is 0.364. The molecule has 0 radical (unpaired) electrons. The zero-order valence-corrected chi connectivity index (χ0v) is 17.2. The maximum absolute atomic E-state index is 12.5. The summed E-state index contributed by atoms with van der Waals surface area (Å²) in [6.45, 7) is -1.77. The van der Waals surface area contributed by atoms with Crippen LogP contribution in [0.2, 0.25) is 0 Å². The molecule has 15 heteroatoms. The van der Waals surface area contributed by atoms with Crippen molar-refractivity contribution in [3.63, 3.8) is 0 Å². The lowest BCUT2D eigenvalue weighted by atomic mass is 10.2. The molecule has 0 spiro atoms. The predicted molar refractivity (Wildman–Crippen MR) is 91.8 cm³/mol. The van der Waals surface area contributed by atoms with Gasteiger partial charge in [0.05, 0.1) is 3.57 Å². The molecule has 0 fully saturated rings. The van der Waals surface area contributed by atoms with Crippen LogP contribution in [0.1, 0.15) is 10.4 Å². The number of sulfonamides is 1. The van der Waals surface area contributed by atoms with Gasteiger partial charge in [0.15, 0.2) is 5.75 Å². The van der Waals surface area contributed by atoms with Gasteiger partial charge in [0.1, 0.15) is 12.2 Å². The summed E-state index contributed by atoms with van der Waals surface area (Å²) >= 11 is 3.21. The van der Waals surface area contributed by atoms with Gasteiger partial charge in [-0.1, -0.05) is 0 Å². The monoisotopic (exact) mass is 633 g/mol. The predicted octanol–water partition coefficient (Wildman–Crippen LogP) is 3.39. The lowest BCUT2D eigenvalue weighted by molar-refractivity contribution is -0.275. The molecule has 1 rings (SSSR count). The Balaban J connectivity index is 2.85. The molecule has 148 valence electrons. The minimum Gasteiger partial charge on any atom is -0.461 e. The van der Waals surface area contributed by atoms with Gasteiger partial charge in [-0.05, 0) is 57.3 Å². The second-order valence-electron chi connectivity index (χ2n) is 4.29. The molecule has 0 bridgehead atoms. The molecule has 1 aromatic rings. The summed E-state index contributed by atoms with van der Waals surface area (Å²) in [5.74, 6) is -2.16. The normalized spacial score (nSPS) is 12.8. The van der Waals surface area contributed by atoms with E-state index in [1.54, 1.807) is 22.6 Å². The molecular weight excluding hydrogens is 626 g/mol. The number of hydrogen-bond acceptors (Lipinski definition) is 5. The summed E-state index contributed by atoms with van der Waals surface area (Å²) in [6, 6.07) is 2.31. The van der Waals surface area contributed by atoms with Crippen molar-refractivity contribution >= 4 is 61.2 Å². The third-order valence-electron chi connectivity index (χ3n) is 2.38. The van der Waals surface area contributed by atoms with Gasteiger partial charge in [0, 0.05) is 10.1 Å². The minimum absolute atomic E-state index is 0.0588. The molecule has 0 atom stereocenters. The number of esters is 1. The first kappa shape index (κ1) is 23.5. The number of alkyl halides is 6. The average molecular weight is 633 g/mol. The lowest BCUT2D eigenvalue weighted by Crippen LogP contribution is -2.38. The van der Waals surface area contributed by atoms with Crippen LogP contribution in [-0.4, -0.2) is 39.4 Å². The smallest absolute Gasteiger partial charge is 0.461 e. The van der Waals surface area contributed by atoms with E-state index in [0.29, 0.717) is 3.57 Å². The first-order valence-electron chi connectivity index (χ1n) is 6.12. The fourth-order valence-corrected chi connectivity index (χ4v) is 3.88. The second-order valence-corrected chi connectivity index (χ2v) is 8.46. The van der Waals surface area contributed by atoms with Crippen LogP contribution in [-0.2, 0) is 14.8 Å². The minimum atomic E-state index is -5.62. The van der Waals surface area contributed by atoms with Crippen molar-refractivity contribution in [3.05, 3.63) is 24.8 Å². The fourth-order valence-electron chi connectivity index (χ4n) is 1.41. The maximum Gasteiger partial charge on any atom is 0.573 e. The molecule has 0 unspecified atom stereocenters.